The molecule has 1 aliphatic heterocycles. The van der Waals surface area contributed by atoms with Crippen molar-refractivity contribution in [3.63, 3.8) is 0 Å². The Bertz CT molecular complexity index is 508. The second-order valence-electron chi connectivity index (χ2n) is 5.19. The zero-order valence-electron chi connectivity index (χ0n) is 10.4. The van der Waals surface area contributed by atoms with Crippen LogP contribution in [0.1, 0.15) is 19.3 Å². The summed E-state index contributed by atoms with van der Waals surface area (Å²) in [5.41, 5.74) is -1.83. The van der Waals surface area contributed by atoms with Gasteiger partial charge in [-0.25, -0.2) is 9.37 Å². The molecule has 0 bridgehead atoms. The third-order valence-corrected chi connectivity index (χ3v) is 3.87. The molecule has 1 aromatic heterocycles. The van der Waals surface area contributed by atoms with Crippen molar-refractivity contribution in [2.24, 2.45) is 0 Å². The lowest BCUT2D eigenvalue weighted by Gasteiger charge is -2.21. The minimum absolute atomic E-state index is 0.0162. The van der Waals surface area contributed by atoms with Crippen molar-refractivity contribution in [3.8, 4) is 0 Å². The van der Waals surface area contributed by atoms with Gasteiger partial charge in [0.2, 0.25) is 5.67 Å². The van der Waals surface area contributed by atoms with Crippen LogP contribution >= 0.6 is 11.6 Å². The highest BCUT2D eigenvalue weighted by Crippen LogP contribution is 2.33. The molecular formula is C13H15ClFN3O. The minimum atomic E-state index is -1.83. The quantitative estimate of drug-likeness (QED) is 0.922. The summed E-state index contributed by atoms with van der Waals surface area (Å²) < 4.78 is 14.6. The number of aromatic nitrogens is 1. The average molecular weight is 284 g/mol. The Morgan fingerprint density at radius 1 is 1.58 bits per heavy atom. The van der Waals surface area contributed by atoms with Crippen LogP contribution in [0.25, 0.3) is 0 Å². The van der Waals surface area contributed by atoms with Crippen LogP contribution in [0.4, 0.5) is 10.2 Å². The van der Waals surface area contributed by atoms with Crippen molar-refractivity contribution in [1.82, 2.24) is 10.3 Å². The SMILES string of the molecule is O=C(NC1CC1)C1(F)CCN(c2ncccc2Cl)C1. The fourth-order valence-corrected chi connectivity index (χ4v) is 2.53. The van der Waals surface area contributed by atoms with Gasteiger partial charge in [0, 0.05) is 25.2 Å². The van der Waals surface area contributed by atoms with Crippen molar-refractivity contribution in [3.05, 3.63) is 23.4 Å². The maximum Gasteiger partial charge on any atom is 0.259 e. The van der Waals surface area contributed by atoms with Gasteiger partial charge in [-0.1, -0.05) is 11.6 Å². The Morgan fingerprint density at radius 2 is 2.37 bits per heavy atom. The van der Waals surface area contributed by atoms with Gasteiger partial charge in [-0.05, 0) is 25.0 Å². The predicted molar refractivity (Wildman–Crippen MR) is 71.1 cm³/mol. The van der Waals surface area contributed by atoms with Gasteiger partial charge >= 0.3 is 0 Å². The number of halogens is 2. The first kappa shape index (κ1) is 12.7. The zero-order valence-corrected chi connectivity index (χ0v) is 11.2. The van der Waals surface area contributed by atoms with Gasteiger partial charge < -0.3 is 10.2 Å². The summed E-state index contributed by atoms with van der Waals surface area (Å²) in [6.07, 6.45) is 3.71. The van der Waals surface area contributed by atoms with Crippen molar-refractivity contribution in [2.45, 2.75) is 31.0 Å². The molecule has 0 spiro atoms. The molecule has 2 heterocycles. The van der Waals surface area contributed by atoms with Crippen molar-refractivity contribution in [2.75, 3.05) is 18.0 Å². The second kappa shape index (κ2) is 4.63. The molecule has 1 saturated heterocycles. The zero-order chi connectivity index (χ0) is 13.5. The molecule has 2 aliphatic rings. The van der Waals surface area contributed by atoms with E-state index in [9.17, 15) is 9.18 Å². The second-order valence-corrected chi connectivity index (χ2v) is 5.60. The summed E-state index contributed by atoms with van der Waals surface area (Å²) in [6.45, 7) is 0.466. The molecule has 1 saturated carbocycles. The standard InChI is InChI=1S/C13H15ClFN3O/c14-10-2-1-6-16-11(10)18-7-5-13(15,8-18)12(19)17-9-3-4-9/h1-2,6,9H,3-5,7-8H2,(H,17,19). The van der Waals surface area contributed by atoms with Gasteiger partial charge in [-0.3, -0.25) is 4.79 Å². The van der Waals surface area contributed by atoms with E-state index >= 15 is 0 Å². The van der Waals surface area contributed by atoms with Crippen LogP contribution < -0.4 is 10.2 Å². The molecule has 0 radical (unpaired) electrons. The Kier molecular flexibility index (Phi) is 3.09. The largest absolute Gasteiger partial charge is 0.351 e. The van der Waals surface area contributed by atoms with E-state index in [0.29, 0.717) is 17.4 Å². The van der Waals surface area contributed by atoms with Gasteiger partial charge in [-0.15, -0.1) is 0 Å². The molecule has 1 unspecified atom stereocenters. The molecule has 4 nitrogen and oxygen atoms in total. The van der Waals surface area contributed by atoms with Gasteiger partial charge in [0.1, 0.15) is 5.82 Å². The molecule has 3 rings (SSSR count). The molecule has 1 aromatic rings. The fourth-order valence-electron chi connectivity index (χ4n) is 2.29. The summed E-state index contributed by atoms with van der Waals surface area (Å²) in [5.74, 6) is 0.0486. The number of pyridine rings is 1. The number of hydrogen-bond donors (Lipinski definition) is 1. The van der Waals surface area contributed by atoms with Crippen LogP contribution in [0.2, 0.25) is 5.02 Å². The predicted octanol–water partition coefficient (Wildman–Crippen LogP) is 1.93. The number of alkyl halides is 1. The number of carbonyl (C=O) groups is 1. The molecule has 1 aliphatic carbocycles. The van der Waals surface area contributed by atoms with E-state index in [1.54, 1.807) is 23.2 Å². The molecule has 1 amide bonds. The smallest absolute Gasteiger partial charge is 0.259 e. The lowest BCUT2D eigenvalue weighted by atomic mass is 10.1. The highest BCUT2D eigenvalue weighted by molar-refractivity contribution is 6.32. The number of nitrogens with one attached hydrogen (secondary N) is 1. The van der Waals surface area contributed by atoms with Gasteiger partial charge in [-0.2, -0.15) is 0 Å². The first-order valence-corrected chi connectivity index (χ1v) is 6.82. The van der Waals surface area contributed by atoms with Gasteiger partial charge in [0.05, 0.1) is 11.6 Å². The first-order chi connectivity index (χ1) is 9.08. The fraction of sp³-hybridized carbons (Fsp3) is 0.538. The average Bonchev–Trinajstić information content (AvgIpc) is 3.11. The number of rotatable bonds is 3. The number of anilines is 1. The molecule has 1 atom stereocenters. The van der Waals surface area contributed by atoms with Crippen LogP contribution in [0, 0.1) is 0 Å². The molecule has 6 heteroatoms. The van der Waals surface area contributed by atoms with E-state index in [1.165, 1.54) is 0 Å². The van der Waals surface area contributed by atoms with E-state index in [1.807, 2.05) is 0 Å². The Labute approximate surface area is 115 Å². The summed E-state index contributed by atoms with van der Waals surface area (Å²) in [6, 6.07) is 3.61. The molecular weight excluding hydrogens is 269 g/mol. The normalized spacial score (nSPS) is 26.5. The van der Waals surface area contributed by atoms with Crippen molar-refractivity contribution < 1.29 is 9.18 Å². The summed E-state index contributed by atoms with van der Waals surface area (Å²) in [7, 11) is 0. The topological polar surface area (TPSA) is 45.2 Å². The van der Waals surface area contributed by atoms with E-state index in [-0.39, 0.29) is 19.0 Å². The number of carbonyl (C=O) groups excluding carboxylic acids is 1. The lowest BCUT2D eigenvalue weighted by molar-refractivity contribution is -0.131. The van der Waals surface area contributed by atoms with Crippen LogP contribution in [-0.4, -0.2) is 35.7 Å². The number of amides is 1. The van der Waals surface area contributed by atoms with Crippen molar-refractivity contribution in [1.29, 1.82) is 0 Å². The van der Waals surface area contributed by atoms with Crippen molar-refractivity contribution >= 4 is 23.3 Å². The van der Waals surface area contributed by atoms with Crippen LogP contribution in [0.3, 0.4) is 0 Å². The van der Waals surface area contributed by atoms with E-state index in [2.05, 4.69) is 10.3 Å². The summed E-state index contributed by atoms with van der Waals surface area (Å²) in [4.78, 5) is 17.8. The molecule has 2 fully saturated rings. The molecule has 0 aromatic carbocycles. The number of nitrogens with zero attached hydrogens (tertiary/aromatic N) is 2. The highest BCUT2D eigenvalue weighted by atomic mass is 35.5. The third kappa shape index (κ3) is 2.52. The Hall–Kier alpha value is -1.36. The Morgan fingerprint density at radius 3 is 3.05 bits per heavy atom. The van der Waals surface area contributed by atoms with E-state index in [0.717, 1.165) is 12.8 Å². The summed E-state index contributed by atoms with van der Waals surface area (Å²) >= 11 is 6.04. The lowest BCUT2D eigenvalue weighted by Crippen LogP contribution is -2.46. The first-order valence-electron chi connectivity index (χ1n) is 6.44. The maximum atomic E-state index is 14.6. The van der Waals surface area contributed by atoms with Gasteiger partial charge in [0.25, 0.3) is 5.91 Å². The molecule has 1 N–H and O–H groups in total. The molecule has 102 valence electrons. The molecule has 19 heavy (non-hydrogen) atoms. The maximum absolute atomic E-state index is 14.6. The van der Waals surface area contributed by atoms with E-state index < -0.39 is 11.6 Å². The summed E-state index contributed by atoms with van der Waals surface area (Å²) in [5, 5.41) is 3.21. The highest BCUT2D eigenvalue weighted by Gasteiger charge is 2.47. The monoisotopic (exact) mass is 283 g/mol. The van der Waals surface area contributed by atoms with Crippen LogP contribution in [-0.2, 0) is 4.79 Å². The minimum Gasteiger partial charge on any atom is -0.351 e. The van der Waals surface area contributed by atoms with Crippen LogP contribution in [0.15, 0.2) is 18.3 Å². The van der Waals surface area contributed by atoms with E-state index in [4.69, 9.17) is 11.6 Å². The van der Waals surface area contributed by atoms with Crippen LogP contribution in [0.5, 0.6) is 0 Å². The third-order valence-electron chi connectivity index (χ3n) is 3.58. The number of hydrogen-bond acceptors (Lipinski definition) is 3. The Balaban J connectivity index is 1.72. The van der Waals surface area contributed by atoms with Gasteiger partial charge in [0.15, 0.2) is 0 Å².